The summed E-state index contributed by atoms with van der Waals surface area (Å²) in [7, 11) is 0. The molecule has 4 heteroatoms. The van der Waals surface area contributed by atoms with E-state index in [9.17, 15) is 4.39 Å². The minimum atomic E-state index is -0.231. The van der Waals surface area contributed by atoms with Crippen LogP contribution in [0.3, 0.4) is 0 Å². The number of ether oxygens (including phenoxy) is 1. The van der Waals surface area contributed by atoms with Crippen LogP contribution in [-0.4, -0.2) is 6.61 Å². The van der Waals surface area contributed by atoms with Crippen LogP contribution in [0.25, 0.3) is 10.1 Å². The monoisotopic (exact) mass is 322 g/mol. The third-order valence-electron chi connectivity index (χ3n) is 1.84. The fourth-order valence-corrected chi connectivity index (χ4v) is 2.70. The minimum Gasteiger partial charge on any atom is -0.482 e. The van der Waals surface area contributed by atoms with Crippen molar-refractivity contribution in [2.24, 2.45) is 0 Å². The van der Waals surface area contributed by atoms with Gasteiger partial charge >= 0.3 is 0 Å². The second-order valence-electron chi connectivity index (χ2n) is 2.78. The third kappa shape index (κ3) is 1.72. The van der Waals surface area contributed by atoms with Crippen molar-refractivity contribution in [1.29, 1.82) is 0 Å². The summed E-state index contributed by atoms with van der Waals surface area (Å²) >= 11 is 3.53. The molecule has 0 spiro atoms. The Hall–Kier alpha value is -0.360. The smallest absolute Gasteiger partial charge is 0.211 e. The highest BCUT2D eigenvalue weighted by Gasteiger charge is 2.12. The van der Waals surface area contributed by atoms with Gasteiger partial charge in [-0.05, 0) is 47.7 Å². The summed E-state index contributed by atoms with van der Waals surface area (Å²) in [6.45, 7) is 2.36. The Bertz CT molecular complexity index is 466. The first kappa shape index (κ1) is 10.2. The molecule has 0 unspecified atom stereocenters. The molecule has 1 aromatic heterocycles. The van der Waals surface area contributed by atoms with Gasteiger partial charge in [0, 0.05) is 13.7 Å². The van der Waals surface area contributed by atoms with Crippen LogP contribution < -0.4 is 4.74 Å². The first-order valence-corrected chi connectivity index (χ1v) is 6.12. The van der Waals surface area contributed by atoms with Crippen molar-refractivity contribution in [2.45, 2.75) is 6.92 Å². The maximum atomic E-state index is 13.7. The zero-order valence-corrected chi connectivity index (χ0v) is 10.5. The number of halogens is 2. The summed E-state index contributed by atoms with van der Waals surface area (Å²) in [5, 5.41) is 1.05. The van der Waals surface area contributed by atoms with Gasteiger partial charge in [0.15, 0.2) is 5.82 Å². The SMILES string of the molecule is CCOc1sc2ccc(I)cc2c1F. The van der Waals surface area contributed by atoms with Gasteiger partial charge in [-0.25, -0.2) is 4.39 Å². The fraction of sp³-hybridized carbons (Fsp3) is 0.200. The Morgan fingerprint density at radius 3 is 3.00 bits per heavy atom. The van der Waals surface area contributed by atoms with E-state index in [0.29, 0.717) is 17.1 Å². The molecule has 0 fully saturated rings. The van der Waals surface area contributed by atoms with Crippen molar-refractivity contribution >= 4 is 44.0 Å². The van der Waals surface area contributed by atoms with Gasteiger partial charge < -0.3 is 4.74 Å². The highest BCUT2D eigenvalue weighted by atomic mass is 127. The van der Waals surface area contributed by atoms with Crippen molar-refractivity contribution < 1.29 is 9.13 Å². The van der Waals surface area contributed by atoms with Crippen LogP contribution in [0.4, 0.5) is 4.39 Å². The molecule has 74 valence electrons. The molecular formula is C10H8FIOS. The Morgan fingerprint density at radius 1 is 1.50 bits per heavy atom. The van der Waals surface area contributed by atoms with Gasteiger partial charge in [-0.15, -0.1) is 0 Å². The highest BCUT2D eigenvalue weighted by molar-refractivity contribution is 14.1. The molecule has 0 aliphatic rings. The van der Waals surface area contributed by atoms with Crippen LogP contribution in [0.5, 0.6) is 5.06 Å². The third-order valence-corrected chi connectivity index (χ3v) is 3.56. The van der Waals surface area contributed by atoms with Crippen LogP contribution in [0.15, 0.2) is 18.2 Å². The molecule has 2 aromatic rings. The molecule has 0 N–H and O–H groups in total. The van der Waals surface area contributed by atoms with Gasteiger partial charge in [0.05, 0.1) is 6.61 Å². The molecule has 0 aliphatic heterocycles. The fourth-order valence-electron chi connectivity index (χ4n) is 1.24. The van der Waals surface area contributed by atoms with Crippen molar-refractivity contribution in [3.63, 3.8) is 0 Å². The number of benzene rings is 1. The van der Waals surface area contributed by atoms with E-state index in [1.165, 1.54) is 11.3 Å². The molecule has 1 heterocycles. The van der Waals surface area contributed by atoms with E-state index in [0.717, 1.165) is 8.27 Å². The van der Waals surface area contributed by atoms with E-state index in [1.54, 1.807) is 0 Å². The average molecular weight is 322 g/mol. The molecule has 2 rings (SSSR count). The molecule has 1 aromatic carbocycles. The van der Waals surface area contributed by atoms with Gasteiger partial charge in [-0.2, -0.15) is 0 Å². The first-order valence-electron chi connectivity index (χ1n) is 4.22. The Labute approximate surface area is 99.0 Å². The van der Waals surface area contributed by atoms with E-state index < -0.39 is 0 Å². The van der Waals surface area contributed by atoms with Gasteiger partial charge in [0.25, 0.3) is 0 Å². The van der Waals surface area contributed by atoms with Crippen LogP contribution in [0, 0.1) is 9.39 Å². The second kappa shape index (κ2) is 4.02. The van der Waals surface area contributed by atoms with Crippen molar-refractivity contribution in [2.75, 3.05) is 6.61 Å². The Kier molecular flexibility index (Phi) is 2.92. The molecule has 0 bridgehead atoms. The molecule has 14 heavy (non-hydrogen) atoms. The van der Waals surface area contributed by atoms with E-state index in [2.05, 4.69) is 22.6 Å². The van der Waals surface area contributed by atoms with Gasteiger partial charge in [0.1, 0.15) is 0 Å². The molecule has 0 aliphatic carbocycles. The van der Waals surface area contributed by atoms with Crippen LogP contribution in [0.2, 0.25) is 0 Å². The number of rotatable bonds is 2. The number of thiophene rings is 1. The summed E-state index contributed by atoms with van der Waals surface area (Å²) in [4.78, 5) is 0. The van der Waals surface area contributed by atoms with E-state index in [1.807, 2.05) is 25.1 Å². The molecular weight excluding hydrogens is 314 g/mol. The van der Waals surface area contributed by atoms with Gasteiger partial charge in [-0.3, -0.25) is 0 Å². The Morgan fingerprint density at radius 2 is 2.29 bits per heavy atom. The van der Waals surface area contributed by atoms with Crippen LogP contribution in [-0.2, 0) is 0 Å². The molecule has 1 nitrogen and oxygen atoms in total. The Balaban J connectivity index is 2.62. The largest absolute Gasteiger partial charge is 0.482 e. The second-order valence-corrected chi connectivity index (χ2v) is 5.04. The van der Waals surface area contributed by atoms with Crippen molar-refractivity contribution in [3.05, 3.63) is 27.6 Å². The standard InChI is InChI=1S/C10H8FIOS/c1-2-13-10-9(11)7-5-6(12)3-4-8(7)14-10/h3-5H,2H2,1H3. The number of hydrogen-bond acceptors (Lipinski definition) is 2. The lowest BCUT2D eigenvalue weighted by atomic mass is 10.2. The lowest BCUT2D eigenvalue weighted by Crippen LogP contribution is -1.89. The van der Waals surface area contributed by atoms with Crippen LogP contribution in [0.1, 0.15) is 6.92 Å². The molecule has 0 saturated heterocycles. The van der Waals surface area contributed by atoms with Crippen molar-refractivity contribution in [3.8, 4) is 5.06 Å². The highest BCUT2D eigenvalue weighted by Crippen LogP contribution is 2.36. The number of fused-ring (bicyclic) bond motifs is 1. The predicted molar refractivity (Wildman–Crippen MR) is 65.7 cm³/mol. The lowest BCUT2D eigenvalue weighted by molar-refractivity contribution is 0.334. The summed E-state index contributed by atoms with van der Waals surface area (Å²) in [5.74, 6) is -0.231. The van der Waals surface area contributed by atoms with Crippen molar-refractivity contribution in [1.82, 2.24) is 0 Å². The van der Waals surface area contributed by atoms with Gasteiger partial charge in [-0.1, -0.05) is 11.3 Å². The van der Waals surface area contributed by atoms with Crippen LogP contribution >= 0.6 is 33.9 Å². The lowest BCUT2D eigenvalue weighted by Gasteiger charge is -1.96. The maximum Gasteiger partial charge on any atom is 0.211 e. The topological polar surface area (TPSA) is 9.23 Å². The summed E-state index contributed by atoms with van der Waals surface area (Å²) in [5.41, 5.74) is 0. The zero-order valence-electron chi connectivity index (χ0n) is 7.51. The van der Waals surface area contributed by atoms with E-state index in [4.69, 9.17) is 4.74 Å². The normalized spacial score (nSPS) is 10.8. The zero-order chi connectivity index (χ0) is 10.1. The van der Waals surface area contributed by atoms with Gasteiger partial charge in [0.2, 0.25) is 5.06 Å². The minimum absolute atomic E-state index is 0.231. The summed E-state index contributed by atoms with van der Waals surface area (Å²) < 4.78 is 20.9. The molecule has 0 radical (unpaired) electrons. The molecule has 0 amide bonds. The first-order chi connectivity index (χ1) is 6.72. The van der Waals surface area contributed by atoms with E-state index >= 15 is 0 Å². The summed E-state index contributed by atoms with van der Waals surface area (Å²) in [6, 6.07) is 5.73. The molecule has 0 atom stereocenters. The molecule has 0 saturated carbocycles. The quantitative estimate of drug-likeness (QED) is 0.758. The maximum absolute atomic E-state index is 13.7. The average Bonchev–Trinajstić information content (AvgIpc) is 2.46. The number of hydrogen-bond donors (Lipinski definition) is 0. The predicted octanol–water partition coefficient (Wildman–Crippen LogP) is 4.04. The van der Waals surface area contributed by atoms with E-state index in [-0.39, 0.29) is 5.82 Å². The summed E-state index contributed by atoms with van der Waals surface area (Å²) in [6.07, 6.45) is 0.